The van der Waals surface area contributed by atoms with Crippen molar-refractivity contribution in [3.8, 4) is 0 Å². The summed E-state index contributed by atoms with van der Waals surface area (Å²) in [6.45, 7) is 8.43. The minimum absolute atomic E-state index is 0.298. The molecule has 0 heterocycles. The summed E-state index contributed by atoms with van der Waals surface area (Å²) in [5, 5.41) is 2.64. The van der Waals surface area contributed by atoms with Gasteiger partial charge in [-0.25, -0.2) is 8.78 Å². The molecule has 1 aromatic carbocycles. The molecule has 0 bridgehead atoms. The van der Waals surface area contributed by atoms with Crippen molar-refractivity contribution < 1.29 is 13.6 Å². The number of rotatable bonds is 3. The molecule has 0 aromatic heterocycles. The molecule has 0 aliphatic rings. The first kappa shape index (κ1) is 17.1. The summed E-state index contributed by atoms with van der Waals surface area (Å²) >= 11 is 3.32. The number of amides is 1. The van der Waals surface area contributed by atoms with Crippen molar-refractivity contribution in [3.05, 3.63) is 33.8 Å². The van der Waals surface area contributed by atoms with E-state index in [1.807, 2.05) is 6.92 Å². The highest BCUT2D eigenvalue weighted by Gasteiger charge is 2.45. The van der Waals surface area contributed by atoms with E-state index in [1.54, 1.807) is 39.0 Å². The van der Waals surface area contributed by atoms with Gasteiger partial charge in [-0.2, -0.15) is 0 Å². The first-order valence-corrected chi connectivity index (χ1v) is 7.15. The molecule has 2 nitrogen and oxygen atoms in total. The van der Waals surface area contributed by atoms with Gasteiger partial charge in [-0.15, -0.1) is 0 Å². The molecule has 1 atom stereocenters. The van der Waals surface area contributed by atoms with Crippen LogP contribution in [0.25, 0.3) is 0 Å². The Balaban J connectivity index is 3.27. The third-order valence-corrected chi connectivity index (χ3v) is 4.02. The Bertz CT molecular complexity index is 511. The van der Waals surface area contributed by atoms with Crippen molar-refractivity contribution in [2.45, 2.75) is 52.0 Å². The number of hydrogen-bond acceptors (Lipinski definition) is 1. The highest BCUT2D eigenvalue weighted by molar-refractivity contribution is 9.10. The molecule has 1 aromatic rings. The maximum absolute atomic E-state index is 13.6. The van der Waals surface area contributed by atoms with Crippen molar-refractivity contribution >= 4 is 21.8 Å². The molecule has 0 saturated carbocycles. The predicted molar refractivity (Wildman–Crippen MR) is 80.1 cm³/mol. The molecule has 1 amide bonds. The Labute approximate surface area is 127 Å². The van der Waals surface area contributed by atoms with Gasteiger partial charge in [0.25, 0.3) is 6.43 Å². The molecule has 0 fully saturated rings. The second kappa shape index (κ2) is 5.80. The summed E-state index contributed by atoms with van der Waals surface area (Å²) in [5.41, 5.74) is -1.20. The standard InChI is InChI=1S/C15H20BrF2NO/c1-9-6-7-10(8-11(9)16)15(5,12(17)18)13(20)19-14(2,3)4/h6-8,12H,1-5H3,(H,19,20)/t15-/m1/s1. The lowest BCUT2D eigenvalue weighted by Gasteiger charge is -2.32. The molecule has 5 heteroatoms. The molecular formula is C15H20BrF2NO. The van der Waals surface area contributed by atoms with Crippen LogP contribution in [0.4, 0.5) is 8.78 Å². The average molecular weight is 348 g/mol. The van der Waals surface area contributed by atoms with E-state index in [0.717, 1.165) is 5.56 Å². The zero-order chi connectivity index (χ0) is 15.7. The van der Waals surface area contributed by atoms with Crippen LogP contribution in [-0.4, -0.2) is 17.9 Å². The molecule has 0 aliphatic heterocycles. The number of carbonyl (C=O) groups excluding carboxylic acids is 1. The highest BCUT2D eigenvalue weighted by atomic mass is 79.9. The fourth-order valence-corrected chi connectivity index (χ4v) is 2.12. The summed E-state index contributed by atoms with van der Waals surface area (Å²) < 4.78 is 27.8. The summed E-state index contributed by atoms with van der Waals surface area (Å²) in [6.07, 6.45) is -2.79. The van der Waals surface area contributed by atoms with Gasteiger partial charge in [0.15, 0.2) is 0 Å². The van der Waals surface area contributed by atoms with E-state index < -0.39 is 23.3 Å². The number of aryl methyl sites for hydroxylation is 1. The minimum Gasteiger partial charge on any atom is -0.351 e. The molecular weight excluding hydrogens is 328 g/mol. The third kappa shape index (κ3) is 3.57. The number of hydrogen-bond donors (Lipinski definition) is 1. The van der Waals surface area contributed by atoms with Crippen molar-refractivity contribution in [3.63, 3.8) is 0 Å². The Morgan fingerprint density at radius 1 is 1.25 bits per heavy atom. The lowest BCUT2D eigenvalue weighted by Crippen LogP contribution is -2.53. The normalized spacial score (nSPS) is 15.1. The zero-order valence-corrected chi connectivity index (χ0v) is 13.9. The van der Waals surface area contributed by atoms with Gasteiger partial charge >= 0.3 is 0 Å². The molecule has 0 spiro atoms. The van der Waals surface area contributed by atoms with Gasteiger partial charge in [-0.05, 0) is 51.8 Å². The van der Waals surface area contributed by atoms with Gasteiger partial charge < -0.3 is 5.32 Å². The van der Waals surface area contributed by atoms with Crippen molar-refractivity contribution in [1.29, 1.82) is 0 Å². The van der Waals surface area contributed by atoms with Gasteiger partial charge in [0, 0.05) is 10.0 Å². The highest BCUT2D eigenvalue weighted by Crippen LogP contribution is 2.34. The molecule has 112 valence electrons. The fraction of sp³-hybridized carbons (Fsp3) is 0.533. The van der Waals surface area contributed by atoms with Crippen LogP contribution in [0.2, 0.25) is 0 Å². The smallest absolute Gasteiger partial charge is 0.256 e. The van der Waals surface area contributed by atoms with Gasteiger partial charge in [-0.3, -0.25) is 4.79 Å². The second-order valence-electron chi connectivity index (χ2n) is 6.17. The molecule has 0 aliphatic carbocycles. The number of alkyl halides is 2. The molecule has 1 N–H and O–H groups in total. The summed E-state index contributed by atoms with van der Waals surface area (Å²) in [4.78, 5) is 12.3. The van der Waals surface area contributed by atoms with Crippen LogP contribution >= 0.6 is 15.9 Å². The zero-order valence-electron chi connectivity index (χ0n) is 12.4. The lowest BCUT2D eigenvalue weighted by molar-refractivity contribution is -0.133. The van der Waals surface area contributed by atoms with E-state index in [1.165, 1.54) is 6.92 Å². The Morgan fingerprint density at radius 3 is 2.20 bits per heavy atom. The minimum atomic E-state index is -2.79. The van der Waals surface area contributed by atoms with Crippen LogP contribution in [0.15, 0.2) is 22.7 Å². The number of nitrogens with one attached hydrogen (secondary N) is 1. The Kier molecular flexibility index (Phi) is 4.95. The van der Waals surface area contributed by atoms with Crippen LogP contribution < -0.4 is 5.32 Å². The molecule has 0 saturated heterocycles. The summed E-state index contributed by atoms with van der Waals surface area (Å²) in [7, 11) is 0. The van der Waals surface area contributed by atoms with Crippen LogP contribution in [0, 0.1) is 6.92 Å². The number of halogens is 3. The van der Waals surface area contributed by atoms with Crippen LogP contribution in [0.5, 0.6) is 0 Å². The lowest BCUT2D eigenvalue weighted by atomic mass is 9.81. The SMILES string of the molecule is Cc1ccc([C@@](C)(C(=O)NC(C)(C)C)C(F)F)cc1Br. The first-order chi connectivity index (χ1) is 8.98. The molecule has 0 unspecified atom stereocenters. The summed E-state index contributed by atoms with van der Waals surface area (Å²) in [5.74, 6) is -0.671. The monoisotopic (exact) mass is 347 g/mol. The topological polar surface area (TPSA) is 29.1 Å². The molecule has 20 heavy (non-hydrogen) atoms. The van der Waals surface area contributed by atoms with E-state index >= 15 is 0 Å². The van der Waals surface area contributed by atoms with Gasteiger partial charge in [-0.1, -0.05) is 28.1 Å². The molecule has 1 rings (SSSR count). The van der Waals surface area contributed by atoms with E-state index in [-0.39, 0.29) is 0 Å². The van der Waals surface area contributed by atoms with Crippen molar-refractivity contribution in [1.82, 2.24) is 5.32 Å². The molecule has 0 radical (unpaired) electrons. The van der Waals surface area contributed by atoms with Crippen molar-refractivity contribution in [2.75, 3.05) is 0 Å². The van der Waals surface area contributed by atoms with Crippen LogP contribution in [0.3, 0.4) is 0 Å². The van der Waals surface area contributed by atoms with Crippen molar-refractivity contribution in [2.24, 2.45) is 0 Å². The third-order valence-electron chi connectivity index (χ3n) is 3.17. The fourth-order valence-electron chi connectivity index (χ4n) is 1.74. The van der Waals surface area contributed by atoms with Gasteiger partial charge in [0.2, 0.25) is 5.91 Å². The van der Waals surface area contributed by atoms with Gasteiger partial charge in [0.1, 0.15) is 5.41 Å². The van der Waals surface area contributed by atoms with E-state index in [2.05, 4.69) is 21.2 Å². The number of benzene rings is 1. The quantitative estimate of drug-likeness (QED) is 0.872. The van der Waals surface area contributed by atoms with Crippen LogP contribution in [-0.2, 0) is 10.2 Å². The first-order valence-electron chi connectivity index (χ1n) is 6.36. The predicted octanol–water partition coefficient (Wildman–Crippen LogP) is 4.20. The maximum Gasteiger partial charge on any atom is 0.256 e. The number of carbonyl (C=O) groups is 1. The second-order valence-corrected chi connectivity index (χ2v) is 7.03. The van der Waals surface area contributed by atoms with Crippen LogP contribution in [0.1, 0.15) is 38.8 Å². The Hall–Kier alpha value is -0.970. The van der Waals surface area contributed by atoms with E-state index in [4.69, 9.17) is 0 Å². The van der Waals surface area contributed by atoms with E-state index in [0.29, 0.717) is 10.0 Å². The summed E-state index contributed by atoms with van der Waals surface area (Å²) in [6, 6.07) is 4.89. The maximum atomic E-state index is 13.6. The largest absolute Gasteiger partial charge is 0.351 e. The Morgan fingerprint density at radius 2 is 1.80 bits per heavy atom. The van der Waals surface area contributed by atoms with E-state index in [9.17, 15) is 13.6 Å². The average Bonchev–Trinajstić information content (AvgIpc) is 2.29. The van der Waals surface area contributed by atoms with Gasteiger partial charge in [0.05, 0.1) is 0 Å².